The fraction of sp³-hybridized carbons (Fsp3) is 0.800. The number of amides is 1. The lowest BCUT2D eigenvalue weighted by Gasteiger charge is -2.08. The molecule has 52 valence electrons. The Morgan fingerprint density at radius 3 is 3.11 bits per heavy atom. The number of nitrogens with one attached hydrogen (secondary N) is 2. The van der Waals surface area contributed by atoms with Crippen LogP contribution in [0.1, 0.15) is 6.92 Å². The van der Waals surface area contributed by atoms with Gasteiger partial charge < -0.3 is 5.32 Å². The number of thioether (sulfide) groups is 1. The fourth-order valence-electron chi connectivity index (χ4n) is 0.703. The van der Waals surface area contributed by atoms with Crippen LogP contribution in [0.4, 0.5) is 0 Å². The molecule has 1 aliphatic heterocycles. The Bertz CT molecular complexity index is 112. The minimum Gasteiger partial charge on any atom is -0.332 e. The van der Waals surface area contributed by atoms with Crippen molar-refractivity contribution in [2.75, 3.05) is 12.3 Å². The second-order valence-electron chi connectivity index (χ2n) is 1.91. The average Bonchev–Trinajstić information content (AvgIpc) is 2.15. The topological polar surface area (TPSA) is 41.1 Å². The third-order valence-electron chi connectivity index (χ3n) is 1.05. The number of carbonyl (C=O) groups excluding carboxylic acids is 1. The molecule has 4 heteroatoms. The van der Waals surface area contributed by atoms with E-state index in [4.69, 9.17) is 0 Å². The second kappa shape index (κ2) is 3.08. The zero-order chi connectivity index (χ0) is 6.69. The normalized spacial score (nSPS) is 26.1. The Kier molecular flexibility index (Phi) is 2.36. The van der Waals surface area contributed by atoms with Gasteiger partial charge in [-0.3, -0.25) is 10.1 Å². The van der Waals surface area contributed by atoms with Crippen molar-refractivity contribution in [2.45, 2.75) is 12.4 Å². The van der Waals surface area contributed by atoms with Crippen molar-refractivity contribution in [1.29, 1.82) is 0 Å². The van der Waals surface area contributed by atoms with Crippen LogP contribution in [0.25, 0.3) is 0 Å². The molecule has 0 aromatic heterocycles. The largest absolute Gasteiger partial charge is 0.332 e. The van der Waals surface area contributed by atoms with Crippen LogP contribution >= 0.6 is 11.8 Å². The predicted molar refractivity (Wildman–Crippen MR) is 38.1 cm³/mol. The first kappa shape index (κ1) is 6.89. The molecule has 1 fully saturated rings. The van der Waals surface area contributed by atoms with Crippen molar-refractivity contribution in [1.82, 2.24) is 10.6 Å². The summed E-state index contributed by atoms with van der Waals surface area (Å²) in [5.41, 5.74) is 0.155. The highest BCUT2D eigenvalue weighted by molar-refractivity contribution is 8.00. The Balaban J connectivity index is 2.19. The maximum Gasteiger partial charge on any atom is 0.218 e. The Morgan fingerprint density at radius 1 is 1.89 bits per heavy atom. The van der Waals surface area contributed by atoms with E-state index < -0.39 is 0 Å². The predicted octanol–water partition coefficient (Wildman–Crippen LogP) is -0.257. The summed E-state index contributed by atoms with van der Waals surface area (Å²) in [6, 6.07) is 0. The van der Waals surface area contributed by atoms with E-state index in [9.17, 15) is 4.79 Å². The Morgan fingerprint density at radius 2 is 2.67 bits per heavy atom. The zero-order valence-electron chi connectivity index (χ0n) is 5.31. The molecule has 1 amide bonds. The minimum atomic E-state index is 0.0295. The van der Waals surface area contributed by atoms with Crippen molar-refractivity contribution >= 4 is 17.7 Å². The maximum absolute atomic E-state index is 10.4. The monoisotopic (exact) mass is 146 g/mol. The summed E-state index contributed by atoms with van der Waals surface area (Å²) in [6.45, 7) is 2.52. The van der Waals surface area contributed by atoms with Gasteiger partial charge in [0.25, 0.3) is 0 Å². The van der Waals surface area contributed by atoms with Crippen molar-refractivity contribution in [3.63, 3.8) is 0 Å². The molecule has 2 N–H and O–H groups in total. The Labute approximate surface area is 58.6 Å². The van der Waals surface area contributed by atoms with E-state index in [2.05, 4.69) is 10.6 Å². The van der Waals surface area contributed by atoms with E-state index in [1.807, 2.05) is 0 Å². The maximum atomic E-state index is 10.4. The summed E-state index contributed by atoms with van der Waals surface area (Å²) in [5, 5.41) is 5.87. The van der Waals surface area contributed by atoms with Gasteiger partial charge in [-0.2, -0.15) is 0 Å². The average molecular weight is 146 g/mol. The summed E-state index contributed by atoms with van der Waals surface area (Å²) >= 11 is 1.73. The quantitative estimate of drug-likeness (QED) is 0.535. The van der Waals surface area contributed by atoms with Gasteiger partial charge >= 0.3 is 0 Å². The summed E-state index contributed by atoms with van der Waals surface area (Å²) < 4.78 is 0. The summed E-state index contributed by atoms with van der Waals surface area (Å²) in [6.07, 6.45) is 0. The second-order valence-corrected chi connectivity index (χ2v) is 3.12. The van der Waals surface area contributed by atoms with Crippen LogP contribution < -0.4 is 10.6 Å². The van der Waals surface area contributed by atoms with Crippen LogP contribution in [0.3, 0.4) is 0 Å². The first-order valence-electron chi connectivity index (χ1n) is 2.91. The lowest BCUT2D eigenvalue weighted by atomic mass is 10.7. The van der Waals surface area contributed by atoms with Gasteiger partial charge in [-0.05, 0) is 0 Å². The van der Waals surface area contributed by atoms with Crippen LogP contribution in [0.2, 0.25) is 0 Å². The van der Waals surface area contributed by atoms with Gasteiger partial charge in [0.1, 0.15) is 5.50 Å². The molecule has 0 bridgehead atoms. The smallest absolute Gasteiger partial charge is 0.218 e. The van der Waals surface area contributed by atoms with Gasteiger partial charge in [0.15, 0.2) is 0 Å². The lowest BCUT2D eigenvalue weighted by molar-refractivity contribution is -0.119. The van der Waals surface area contributed by atoms with Crippen molar-refractivity contribution in [3.8, 4) is 0 Å². The van der Waals surface area contributed by atoms with E-state index in [1.165, 1.54) is 6.92 Å². The van der Waals surface area contributed by atoms with E-state index >= 15 is 0 Å². The SMILES string of the molecule is CC(=O)NC1NCCS1. The third-order valence-corrected chi connectivity index (χ3v) is 2.11. The molecule has 1 aliphatic rings. The molecule has 9 heavy (non-hydrogen) atoms. The van der Waals surface area contributed by atoms with Crippen molar-refractivity contribution < 1.29 is 4.79 Å². The van der Waals surface area contributed by atoms with E-state index in [0.717, 1.165) is 12.3 Å². The van der Waals surface area contributed by atoms with Crippen molar-refractivity contribution in [2.24, 2.45) is 0 Å². The molecule has 0 spiro atoms. The first-order chi connectivity index (χ1) is 4.29. The highest BCUT2D eigenvalue weighted by Crippen LogP contribution is 2.09. The minimum absolute atomic E-state index is 0.0295. The molecule has 0 radical (unpaired) electrons. The van der Waals surface area contributed by atoms with Gasteiger partial charge in [-0.25, -0.2) is 0 Å². The molecular weight excluding hydrogens is 136 g/mol. The van der Waals surface area contributed by atoms with Gasteiger partial charge in [-0.15, -0.1) is 11.8 Å². The zero-order valence-corrected chi connectivity index (χ0v) is 6.12. The van der Waals surface area contributed by atoms with E-state index in [1.54, 1.807) is 11.8 Å². The molecule has 0 saturated carbocycles. The molecule has 0 aromatic carbocycles. The summed E-state index contributed by atoms with van der Waals surface area (Å²) in [5.74, 6) is 1.12. The number of hydrogen-bond donors (Lipinski definition) is 2. The van der Waals surface area contributed by atoms with Crippen LogP contribution in [0, 0.1) is 0 Å². The summed E-state index contributed by atoms with van der Waals surface area (Å²) in [4.78, 5) is 10.4. The van der Waals surface area contributed by atoms with E-state index in [0.29, 0.717) is 0 Å². The van der Waals surface area contributed by atoms with Gasteiger partial charge in [-0.1, -0.05) is 0 Å². The fourth-order valence-corrected chi connectivity index (χ4v) is 1.66. The van der Waals surface area contributed by atoms with Crippen LogP contribution in [0.15, 0.2) is 0 Å². The van der Waals surface area contributed by atoms with Crippen molar-refractivity contribution in [3.05, 3.63) is 0 Å². The van der Waals surface area contributed by atoms with Crippen LogP contribution in [0.5, 0.6) is 0 Å². The molecule has 1 rings (SSSR count). The van der Waals surface area contributed by atoms with E-state index in [-0.39, 0.29) is 11.4 Å². The number of carbonyl (C=O) groups is 1. The third kappa shape index (κ3) is 2.24. The highest BCUT2D eigenvalue weighted by atomic mass is 32.2. The lowest BCUT2D eigenvalue weighted by Crippen LogP contribution is -2.38. The Hall–Kier alpha value is -0.220. The molecule has 1 saturated heterocycles. The molecule has 3 nitrogen and oxygen atoms in total. The molecule has 0 aromatic rings. The van der Waals surface area contributed by atoms with Crippen LogP contribution in [-0.4, -0.2) is 23.7 Å². The number of hydrogen-bond acceptors (Lipinski definition) is 3. The van der Waals surface area contributed by atoms with Crippen LogP contribution in [-0.2, 0) is 4.79 Å². The first-order valence-corrected chi connectivity index (χ1v) is 3.96. The molecule has 0 aliphatic carbocycles. The van der Waals surface area contributed by atoms with Gasteiger partial charge in [0.05, 0.1) is 0 Å². The van der Waals surface area contributed by atoms with Gasteiger partial charge in [0, 0.05) is 19.2 Å². The molecule has 1 heterocycles. The number of rotatable bonds is 1. The molecule has 1 atom stereocenters. The summed E-state index contributed by atoms with van der Waals surface area (Å²) in [7, 11) is 0. The molecular formula is C5H10N2OS. The van der Waals surface area contributed by atoms with Gasteiger partial charge in [0.2, 0.25) is 5.91 Å². The molecule has 1 unspecified atom stereocenters. The highest BCUT2D eigenvalue weighted by Gasteiger charge is 2.13. The standard InChI is InChI=1S/C5H10N2OS/c1-4(8)7-5-6-2-3-9-5/h5-6H,2-3H2,1H3,(H,7,8).